The second-order valence-corrected chi connectivity index (χ2v) is 7.73. The van der Waals surface area contributed by atoms with Gasteiger partial charge >= 0.3 is 12.0 Å². The predicted octanol–water partition coefficient (Wildman–Crippen LogP) is 0.971. The first-order valence-corrected chi connectivity index (χ1v) is 9.92. The molecule has 12 nitrogen and oxygen atoms in total. The lowest BCUT2D eigenvalue weighted by molar-refractivity contribution is 0.0600. The molecule has 0 bridgehead atoms. The summed E-state index contributed by atoms with van der Waals surface area (Å²) < 4.78 is 32.6. The van der Waals surface area contributed by atoms with Gasteiger partial charge in [-0.15, -0.1) is 0 Å². The Morgan fingerprint density at radius 1 is 1.10 bits per heavy atom. The average Bonchev–Trinajstić information content (AvgIpc) is 3.16. The van der Waals surface area contributed by atoms with Crippen LogP contribution in [-0.4, -0.2) is 52.3 Å². The van der Waals surface area contributed by atoms with Gasteiger partial charge in [-0.05, 0) is 32.0 Å². The minimum Gasteiger partial charge on any atom is -0.465 e. The molecular weight excluding hydrogens is 414 g/mol. The van der Waals surface area contributed by atoms with Gasteiger partial charge in [-0.25, -0.2) is 42.4 Å². The zero-order valence-electron chi connectivity index (χ0n) is 16.1. The SMILES string of the molecule is COC(=O)c1cnn(-c2ccc(S(=O)(=O)NC(=O)Nc3nc(C)cc(C)n3)cn2)c1. The molecule has 0 aromatic carbocycles. The monoisotopic (exact) mass is 431 g/mol. The topological polar surface area (TPSA) is 158 Å². The van der Waals surface area contributed by atoms with E-state index < -0.39 is 22.0 Å². The van der Waals surface area contributed by atoms with Gasteiger partial charge in [0.05, 0.1) is 18.9 Å². The van der Waals surface area contributed by atoms with Crippen molar-refractivity contribution < 1.29 is 22.7 Å². The molecule has 0 spiro atoms. The molecular formula is C17H17N7O5S. The number of carbonyl (C=O) groups is 2. The lowest BCUT2D eigenvalue weighted by atomic mass is 10.4. The highest BCUT2D eigenvalue weighted by molar-refractivity contribution is 7.90. The van der Waals surface area contributed by atoms with Gasteiger partial charge in [0.2, 0.25) is 5.95 Å². The van der Waals surface area contributed by atoms with E-state index in [4.69, 9.17) is 0 Å². The Balaban J connectivity index is 1.72. The molecule has 3 heterocycles. The Kier molecular flexibility index (Phi) is 5.73. The summed E-state index contributed by atoms with van der Waals surface area (Å²) in [6, 6.07) is 3.30. The third-order valence-corrected chi connectivity index (χ3v) is 5.02. The largest absolute Gasteiger partial charge is 0.465 e. The number of nitrogens with one attached hydrogen (secondary N) is 2. The van der Waals surface area contributed by atoms with Crippen LogP contribution < -0.4 is 10.0 Å². The molecule has 0 saturated heterocycles. The standard InChI is InChI=1S/C17H17N7O5S/c1-10-6-11(2)21-16(20-10)22-17(26)23-30(27,28)13-4-5-14(18-8-13)24-9-12(7-19-24)15(25)29-3/h4-9H,1-3H3,(H2,20,21,22,23,26). The van der Waals surface area contributed by atoms with Gasteiger partial charge < -0.3 is 4.74 Å². The minimum atomic E-state index is -4.19. The molecule has 0 atom stereocenters. The number of esters is 1. The van der Waals surface area contributed by atoms with E-state index >= 15 is 0 Å². The average molecular weight is 431 g/mol. The highest BCUT2D eigenvalue weighted by Crippen LogP contribution is 2.12. The fraction of sp³-hybridized carbons (Fsp3) is 0.176. The molecule has 2 N–H and O–H groups in total. The molecule has 0 saturated carbocycles. The van der Waals surface area contributed by atoms with Crippen molar-refractivity contribution in [2.24, 2.45) is 0 Å². The van der Waals surface area contributed by atoms with Crippen LogP contribution in [0.15, 0.2) is 41.7 Å². The van der Waals surface area contributed by atoms with Crippen molar-refractivity contribution in [3.63, 3.8) is 0 Å². The van der Waals surface area contributed by atoms with Gasteiger partial charge in [0.25, 0.3) is 10.0 Å². The first-order chi connectivity index (χ1) is 14.2. The number of hydrogen-bond acceptors (Lipinski definition) is 9. The number of nitrogens with zero attached hydrogens (tertiary/aromatic N) is 5. The Bertz CT molecular complexity index is 1190. The zero-order chi connectivity index (χ0) is 21.9. The number of urea groups is 1. The number of pyridine rings is 1. The van der Waals surface area contributed by atoms with Gasteiger partial charge in [-0.1, -0.05) is 0 Å². The Morgan fingerprint density at radius 3 is 2.40 bits per heavy atom. The van der Waals surface area contributed by atoms with Crippen LogP contribution in [0.5, 0.6) is 0 Å². The number of aromatic nitrogens is 5. The molecule has 0 aliphatic carbocycles. The van der Waals surface area contributed by atoms with Crippen LogP contribution in [0, 0.1) is 13.8 Å². The molecule has 3 aromatic heterocycles. The van der Waals surface area contributed by atoms with E-state index in [0.29, 0.717) is 11.4 Å². The van der Waals surface area contributed by atoms with Gasteiger partial charge in [-0.2, -0.15) is 5.10 Å². The van der Waals surface area contributed by atoms with Gasteiger partial charge in [0.15, 0.2) is 5.82 Å². The van der Waals surface area contributed by atoms with E-state index in [1.165, 1.54) is 36.3 Å². The molecule has 0 radical (unpaired) electrons. The number of aryl methyl sites for hydroxylation is 2. The number of methoxy groups -OCH3 is 1. The summed E-state index contributed by atoms with van der Waals surface area (Å²) >= 11 is 0. The molecule has 2 amide bonds. The van der Waals surface area contributed by atoms with Crippen LogP contribution in [0.3, 0.4) is 0 Å². The Morgan fingerprint density at radius 2 is 1.80 bits per heavy atom. The molecule has 13 heteroatoms. The van der Waals surface area contributed by atoms with Crippen molar-refractivity contribution in [2.75, 3.05) is 12.4 Å². The van der Waals surface area contributed by atoms with Crippen LogP contribution in [0.2, 0.25) is 0 Å². The number of anilines is 1. The summed E-state index contributed by atoms with van der Waals surface area (Å²) in [6.07, 6.45) is 3.73. The maximum atomic E-state index is 12.4. The first kappa shape index (κ1) is 20.9. The summed E-state index contributed by atoms with van der Waals surface area (Å²) in [5, 5.41) is 6.24. The van der Waals surface area contributed by atoms with Crippen LogP contribution >= 0.6 is 0 Å². The molecule has 30 heavy (non-hydrogen) atoms. The maximum absolute atomic E-state index is 12.4. The van der Waals surface area contributed by atoms with E-state index in [9.17, 15) is 18.0 Å². The van der Waals surface area contributed by atoms with Crippen LogP contribution in [0.4, 0.5) is 10.7 Å². The van der Waals surface area contributed by atoms with E-state index in [2.05, 4.69) is 30.1 Å². The van der Waals surface area contributed by atoms with Crippen LogP contribution in [-0.2, 0) is 14.8 Å². The summed E-state index contributed by atoms with van der Waals surface area (Å²) in [6.45, 7) is 3.44. The third-order valence-electron chi connectivity index (χ3n) is 3.70. The minimum absolute atomic E-state index is 0.0197. The summed E-state index contributed by atoms with van der Waals surface area (Å²) in [5.41, 5.74) is 1.45. The smallest absolute Gasteiger partial charge is 0.341 e. The molecule has 156 valence electrons. The van der Waals surface area contributed by atoms with E-state index in [-0.39, 0.29) is 22.2 Å². The maximum Gasteiger partial charge on any atom is 0.341 e. The third kappa shape index (κ3) is 4.75. The second-order valence-electron chi connectivity index (χ2n) is 6.05. The van der Waals surface area contributed by atoms with Crippen LogP contribution in [0.25, 0.3) is 5.82 Å². The zero-order valence-corrected chi connectivity index (χ0v) is 17.0. The number of carbonyl (C=O) groups excluding carboxylic acids is 2. The van der Waals surface area contributed by atoms with Crippen molar-refractivity contribution in [1.82, 2.24) is 29.5 Å². The quantitative estimate of drug-likeness (QED) is 0.561. The molecule has 0 aliphatic heterocycles. The van der Waals surface area contributed by atoms with Crippen molar-refractivity contribution >= 4 is 28.0 Å². The molecule has 3 rings (SSSR count). The van der Waals surface area contributed by atoms with Crippen molar-refractivity contribution in [1.29, 1.82) is 0 Å². The number of ether oxygens (including phenoxy) is 1. The van der Waals surface area contributed by atoms with E-state index in [1.54, 1.807) is 19.9 Å². The highest BCUT2D eigenvalue weighted by atomic mass is 32.2. The number of sulfonamides is 1. The predicted molar refractivity (Wildman–Crippen MR) is 104 cm³/mol. The lowest BCUT2D eigenvalue weighted by Gasteiger charge is -2.09. The lowest BCUT2D eigenvalue weighted by Crippen LogP contribution is -2.35. The van der Waals surface area contributed by atoms with Crippen molar-refractivity contribution in [3.8, 4) is 5.82 Å². The van der Waals surface area contributed by atoms with Gasteiger partial charge in [-0.3, -0.25) is 5.32 Å². The number of rotatable bonds is 5. The number of hydrogen-bond donors (Lipinski definition) is 2. The fourth-order valence-corrected chi connectivity index (χ4v) is 3.28. The second kappa shape index (κ2) is 8.24. The first-order valence-electron chi connectivity index (χ1n) is 8.43. The Hall–Kier alpha value is -3.87. The molecule has 0 unspecified atom stereocenters. The number of amides is 2. The molecule has 0 fully saturated rings. The van der Waals surface area contributed by atoms with E-state index in [1.807, 2.05) is 4.72 Å². The summed E-state index contributed by atoms with van der Waals surface area (Å²) in [5.74, 6) is -0.325. The molecule has 3 aromatic rings. The summed E-state index contributed by atoms with van der Waals surface area (Å²) in [4.78, 5) is 35.3. The summed E-state index contributed by atoms with van der Waals surface area (Å²) in [7, 11) is -2.95. The van der Waals surface area contributed by atoms with Gasteiger partial charge in [0, 0.05) is 23.8 Å². The molecule has 0 aliphatic rings. The van der Waals surface area contributed by atoms with Gasteiger partial charge in [0.1, 0.15) is 4.90 Å². The normalized spacial score (nSPS) is 11.0. The fourth-order valence-electron chi connectivity index (χ4n) is 2.43. The van der Waals surface area contributed by atoms with E-state index in [0.717, 1.165) is 6.20 Å². The Labute approximate surface area is 171 Å². The highest BCUT2D eigenvalue weighted by Gasteiger charge is 2.19. The van der Waals surface area contributed by atoms with Crippen molar-refractivity contribution in [3.05, 3.63) is 53.7 Å². The van der Waals surface area contributed by atoms with Crippen LogP contribution in [0.1, 0.15) is 21.7 Å². The van der Waals surface area contributed by atoms with Crippen molar-refractivity contribution in [2.45, 2.75) is 18.7 Å².